The van der Waals surface area contributed by atoms with Crippen LogP contribution in [0.4, 0.5) is 0 Å². The van der Waals surface area contributed by atoms with Gasteiger partial charge >= 0.3 is 0 Å². The van der Waals surface area contributed by atoms with Crippen molar-refractivity contribution in [1.29, 1.82) is 0 Å². The first-order chi connectivity index (χ1) is 16.3. The Morgan fingerprint density at radius 3 is 2.18 bits per heavy atom. The number of ether oxygens (including phenoxy) is 3. The quantitative estimate of drug-likeness (QED) is 0.434. The van der Waals surface area contributed by atoms with E-state index in [4.69, 9.17) is 25.8 Å². The van der Waals surface area contributed by atoms with E-state index in [-0.39, 0.29) is 18.6 Å². The van der Waals surface area contributed by atoms with Crippen LogP contribution in [0.5, 0.6) is 5.75 Å². The number of hydrogen-bond donors (Lipinski definition) is 2. The molecule has 2 N–H and O–H groups in total. The summed E-state index contributed by atoms with van der Waals surface area (Å²) < 4.78 is 17.3. The average Bonchev–Trinajstić information content (AvgIpc) is 3.20. The zero-order chi connectivity index (χ0) is 24.2. The summed E-state index contributed by atoms with van der Waals surface area (Å²) in [6, 6.07) is 24.4. The normalized spacial score (nSPS) is 20.0. The van der Waals surface area contributed by atoms with E-state index in [0.717, 1.165) is 5.56 Å². The maximum Gasteiger partial charge on any atom is 0.163 e. The molecule has 0 amide bonds. The second kappa shape index (κ2) is 10.5. The predicted molar refractivity (Wildman–Crippen MR) is 132 cm³/mol. The van der Waals surface area contributed by atoms with E-state index in [1.54, 1.807) is 12.1 Å². The molecule has 1 fully saturated rings. The van der Waals surface area contributed by atoms with E-state index in [2.05, 4.69) is 0 Å². The fourth-order valence-electron chi connectivity index (χ4n) is 4.54. The highest BCUT2D eigenvalue weighted by atomic mass is 35.5. The van der Waals surface area contributed by atoms with Gasteiger partial charge in [0, 0.05) is 17.5 Å². The Morgan fingerprint density at radius 2 is 1.62 bits per heavy atom. The number of halogens is 1. The van der Waals surface area contributed by atoms with Crippen LogP contribution in [0.2, 0.25) is 5.02 Å². The second-order valence-corrected chi connectivity index (χ2v) is 9.47. The van der Waals surface area contributed by atoms with Gasteiger partial charge in [-0.15, -0.1) is 0 Å². The highest BCUT2D eigenvalue weighted by Crippen LogP contribution is 2.45. The number of hydrogen-bond acceptors (Lipinski definition) is 5. The number of aliphatic hydroxyl groups excluding tert-OH is 1. The van der Waals surface area contributed by atoms with Crippen molar-refractivity contribution in [2.75, 3.05) is 19.8 Å². The van der Waals surface area contributed by atoms with E-state index in [0.29, 0.717) is 41.5 Å². The van der Waals surface area contributed by atoms with Crippen molar-refractivity contribution in [2.45, 2.75) is 43.7 Å². The van der Waals surface area contributed by atoms with Crippen LogP contribution in [0.3, 0.4) is 0 Å². The molecule has 5 nitrogen and oxygen atoms in total. The minimum absolute atomic E-state index is 0.0591. The highest BCUT2D eigenvalue weighted by Gasteiger charge is 2.41. The van der Waals surface area contributed by atoms with Crippen molar-refractivity contribution < 1.29 is 24.4 Å². The molecule has 1 saturated heterocycles. The van der Waals surface area contributed by atoms with Crippen molar-refractivity contribution in [3.05, 3.63) is 101 Å². The van der Waals surface area contributed by atoms with Crippen molar-refractivity contribution in [3.63, 3.8) is 0 Å². The first-order valence-electron chi connectivity index (χ1n) is 11.5. The van der Waals surface area contributed by atoms with Crippen LogP contribution < -0.4 is 4.74 Å². The van der Waals surface area contributed by atoms with E-state index in [1.165, 1.54) is 0 Å². The topological polar surface area (TPSA) is 68.2 Å². The van der Waals surface area contributed by atoms with Crippen LogP contribution >= 0.6 is 11.6 Å². The Labute approximate surface area is 205 Å². The smallest absolute Gasteiger partial charge is 0.163 e. The molecule has 1 aliphatic rings. The summed E-state index contributed by atoms with van der Waals surface area (Å²) in [7, 11) is 0. The highest BCUT2D eigenvalue weighted by molar-refractivity contribution is 6.30. The van der Waals surface area contributed by atoms with Crippen molar-refractivity contribution in [1.82, 2.24) is 0 Å². The molecule has 3 unspecified atom stereocenters. The third kappa shape index (κ3) is 5.45. The Bertz CT molecular complexity index is 1050. The van der Waals surface area contributed by atoms with Crippen molar-refractivity contribution in [3.8, 4) is 5.75 Å². The van der Waals surface area contributed by atoms with Crippen LogP contribution in [0.1, 0.15) is 42.9 Å². The monoisotopic (exact) mass is 482 g/mol. The molecule has 3 aromatic carbocycles. The lowest BCUT2D eigenvalue weighted by Gasteiger charge is -2.38. The SMILES string of the molecule is CC1(C)OCC(COc2ccc(C(O)(c3ccc(Cl)cc3)C(CCO)c3ccccc3)cc2)O1. The summed E-state index contributed by atoms with van der Waals surface area (Å²) in [5.74, 6) is -0.293. The Balaban J connectivity index is 1.64. The third-order valence-corrected chi connectivity index (χ3v) is 6.46. The second-order valence-electron chi connectivity index (χ2n) is 9.03. The lowest BCUT2D eigenvalue weighted by atomic mass is 9.71. The molecule has 1 aliphatic heterocycles. The first-order valence-corrected chi connectivity index (χ1v) is 11.9. The van der Waals surface area contributed by atoms with Gasteiger partial charge in [0.1, 0.15) is 24.1 Å². The molecule has 0 spiro atoms. The summed E-state index contributed by atoms with van der Waals surface area (Å²) in [5, 5.41) is 22.8. The van der Waals surface area contributed by atoms with Gasteiger partial charge in [-0.2, -0.15) is 0 Å². The fraction of sp³-hybridized carbons (Fsp3) is 0.357. The number of benzene rings is 3. The molecule has 0 radical (unpaired) electrons. The predicted octanol–water partition coefficient (Wildman–Crippen LogP) is 5.27. The molecular formula is C28H31ClO5. The summed E-state index contributed by atoms with van der Waals surface area (Å²) in [6.45, 7) is 4.57. The molecular weight excluding hydrogens is 452 g/mol. The van der Waals surface area contributed by atoms with Gasteiger partial charge in [0.2, 0.25) is 0 Å². The Kier molecular flexibility index (Phi) is 7.60. The lowest BCUT2D eigenvalue weighted by molar-refractivity contribution is -0.141. The van der Waals surface area contributed by atoms with Gasteiger partial charge in [-0.3, -0.25) is 0 Å². The maximum absolute atomic E-state index is 12.3. The number of aliphatic hydroxyl groups is 2. The molecule has 6 heteroatoms. The van der Waals surface area contributed by atoms with Gasteiger partial charge in [-0.1, -0.05) is 66.2 Å². The van der Waals surface area contributed by atoms with Gasteiger partial charge in [0.05, 0.1) is 6.61 Å². The minimum Gasteiger partial charge on any atom is -0.491 e. The standard InChI is InChI=1S/C28H31ClO5/c1-27(2)33-19-25(34-27)18-32-24-14-10-22(11-15-24)28(31,21-8-12-23(29)13-9-21)26(16-17-30)20-6-4-3-5-7-20/h3-15,25-26,30-31H,16-19H2,1-2H3. The van der Waals surface area contributed by atoms with Crippen LogP contribution in [0.15, 0.2) is 78.9 Å². The molecule has 0 aromatic heterocycles. The minimum atomic E-state index is -1.39. The summed E-state index contributed by atoms with van der Waals surface area (Å²) in [4.78, 5) is 0. The Morgan fingerprint density at radius 1 is 1.00 bits per heavy atom. The molecule has 4 rings (SSSR count). The van der Waals surface area contributed by atoms with Crippen LogP contribution in [0, 0.1) is 0 Å². The van der Waals surface area contributed by atoms with Gasteiger partial charge < -0.3 is 24.4 Å². The third-order valence-electron chi connectivity index (χ3n) is 6.21. The molecule has 34 heavy (non-hydrogen) atoms. The van der Waals surface area contributed by atoms with Gasteiger partial charge in [-0.05, 0) is 61.2 Å². The zero-order valence-corrected chi connectivity index (χ0v) is 20.2. The molecule has 180 valence electrons. The van der Waals surface area contributed by atoms with Gasteiger partial charge in [0.25, 0.3) is 0 Å². The maximum atomic E-state index is 12.3. The van der Waals surface area contributed by atoms with E-state index >= 15 is 0 Å². The van der Waals surface area contributed by atoms with Crippen LogP contribution in [-0.4, -0.2) is 41.9 Å². The fourth-order valence-corrected chi connectivity index (χ4v) is 4.67. The van der Waals surface area contributed by atoms with E-state index in [1.807, 2.05) is 80.6 Å². The van der Waals surface area contributed by atoms with E-state index < -0.39 is 11.4 Å². The van der Waals surface area contributed by atoms with Crippen molar-refractivity contribution >= 4 is 11.6 Å². The average molecular weight is 483 g/mol. The van der Waals surface area contributed by atoms with Gasteiger partial charge in [-0.25, -0.2) is 0 Å². The summed E-state index contributed by atoms with van der Waals surface area (Å²) >= 11 is 6.14. The first kappa shape index (κ1) is 24.7. The number of rotatable bonds is 9. The zero-order valence-electron chi connectivity index (χ0n) is 19.5. The summed E-state index contributed by atoms with van der Waals surface area (Å²) in [5.41, 5.74) is 0.951. The summed E-state index contributed by atoms with van der Waals surface area (Å²) in [6.07, 6.45) is 0.253. The molecule has 1 heterocycles. The van der Waals surface area contributed by atoms with Crippen LogP contribution in [0.25, 0.3) is 0 Å². The molecule has 3 aromatic rings. The molecule has 0 saturated carbocycles. The molecule has 0 bridgehead atoms. The lowest BCUT2D eigenvalue weighted by Crippen LogP contribution is -2.35. The Hall–Kier alpha value is -2.41. The van der Waals surface area contributed by atoms with Gasteiger partial charge in [0.15, 0.2) is 5.79 Å². The van der Waals surface area contributed by atoms with Crippen molar-refractivity contribution in [2.24, 2.45) is 0 Å². The van der Waals surface area contributed by atoms with E-state index in [9.17, 15) is 10.2 Å². The van der Waals surface area contributed by atoms with Crippen LogP contribution in [-0.2, 0) is 15.1 Å². The largest absolute Gasteiger partial charge is 0.491 e. The molecule has 3 atom stereocenters. The molecule has 0 aliphatic carbocycles.